The molecule has 138 valence electrons. The predicted molar refractivity (Wildman–Crippen MR) is 116 cm³/mol. The van der Waals surface area contributed by atoms with Crippen LogP contribution in [0, 0.1) is 0 Å². The Morgan fingerprint density at radius 3 is 2.65 bits per heavy atom. The van der Waals surface area contributed by atoms with E-state index in [1.54, 1.807) is 12.1 Å². The number of aromatic hydroxyl groups is 1. The molecule has 0 unspecified atom stereocenters. The van der Waals surface area contributed by atoms with Crippen molar-refractivity contribution in [2.45, 2.75) is 13.3 Å². The number of carbonyl (C=O) groups is 1. The molecule has 0 fully saturated rings. The molecule has 0 saturated heterocycles. The van der Waals surface area contributed by atoms with Crippen molar-refractivity contribution in [3.63, 3.8) is 0 Å². The molecule has 7 heteroatoms. The van der Waals surface area contributed by atoms with Crippen LogP contribution in [0.2, 0.25) is 0 Å². The van der Waals surface area contributed by atoms with Gasteiger partial charge in [0.15, 0.2) is 5.96 Å². The molecular weight excluding hydrogens is 443 g/mol. The minimum Gasteiger partial charge on any atom is -0.508 e. The largest absolute Gasteiger partial charge is 0.508 e. The van der Waals surface area contributed by atoms with Crippen LogP contribution >= 0.6 is 24.0 Å². The van der Waals surface area contributed by atoms with Crippen LogP contribution < -0.4 is 15.5 Å². The third-order valence-electron chi connectivity index (χ3n) is 4.00. The van der Waals surface area contributed by atoms with Crippen molar-refractivity contribution in [3.05, 3.63) is 54.1 Å². The maximum atomic E-state index is 12.1. The number of guanidine groups is 1. The van der Waals surface area contributed by atoms with Gasteiger partial charge in [0, 0.05) is 24.5 Å². The lowest BCUT2D eigenvalue weighted by molar-refractivity contribution is -0.114. The number of hydrogen-bond acceptors (Lipinski definition) is 3. The van der Waals surface area contributed by atoms with E-state index in [2.05, 4.69) is 32.7 Å². The SMILES string of the molecule is CCNC(=NCC(=O)Nc1ccc(O)cc1)N1CCc2ccccc21.I. The number of para-hydroxylation sites is 1. The first kappa shape index (κ1) is 20.0. The molecule has 0 aliphatic carbocycles. The summed E-state index contributed by atoms with van der Waals surface area (Å²) in [7, 11) is 0. The summed E-state index contributed by atoms with van der Waals surface area (Å²) in [5, 5.41) is 15.3. The fourth-order valence-corrected chi connectivity index (χ4v) is 2.85. The summed E-state index contributed by atoms with van der Waals surface area (Å²) in [5.41, 5.74) is 3.07. The van der Waals surface area contributed by atoms with E-state index in [1.165, 1.54) is 17.7 Å². The third-order valence-corrected chi connectivity index (χ3v) is 4.00. The number of aliphatic imine (C=N–C) groups is 1. The molecular formula is C19H23IN4O2. The number of benzene rings is 2. The quantitative estimate of drug-likeness (QED) is 0.280. The Morgan fingerprint density at radius 1 is 1.19 bits per heavy atom. The Bertz CT molecular complexity index is 777. The summed E-state index contributed by atoms with van der Waals surface area (Å²) in [5.74, 6) is 0.681. The van der Waals surface area contributed by atoms with Gasteiger partial charge in [-0.05, 0) is 49.2 Å². The zero-order valence-electron chi connectivity index (χ0n) is 14.6. The number of amides is 1. The minimum absolute atomic E-state index is 0. The van der Waals surface area contributed by atoms with Crippen LogP contribution in [0.15, 0.2) is 53.5 Å². The van der Waals surface area contributed by atoms with Crippen molar-refractivity contribution in [1.29, 1.82) is 0 Å². The fourth-order valence-electron chi connectivity index (χ4n) is 2.85. The standard InChI is InChI=1S/C19H22N4O2.HI/c1-2-20-19(23-12-11-14-5-3-4-6-17(14)23)21-13-18(25)22-15-7-9-16(24)10-8-15;/h3-10,24H,2,11-13H2,1H3,(H,20,21)(H,22,25);1H. The third kappa shape index (κ3) is 4.87. The van der Waals surface area contributed by atoms with E-state index >= 15 is 0 Å². The van der Waals surface area contributed by atoms with E-state index in [0.29, 0.717) is 11.6 Å². The van der Waals surface area contributed by atoms with Crippen LogP contribution in [0.4, 0.5) is 11.4 Å². The maximum absolute atomic E-state index is 12.1. The lowest BCUT2D eigenvalue weighted by Gasteiger charge is -2.22. The van der Waals surface area contributed by atoms with Gasteiger partial charge in [0.1, 0.15) is 12.3 Å². The highest BCUT2D eigenvalue weighted by atomic mass is 127. The number of fused-ring (bicyclic) bond motifs is 1. The molecule has 6 nitrogen and oxygen atoms in total. The number of hydrogen-bond donors (Lipinski definition) is 3. The van der Waals surface area contributed by atoms with Crippen molar-refractivity contribution < 1.29 is 9.90 Å². The lowest BCUT2D eigenvalue weighted by Crippen LogP contribution is -2.41. The number of phenols is 1. The van der Waals surface area contributed by atoms with Gasteiger partial charge >= 0.3 is 0 Å². The second-order valence-corrected chi connectivity index (χ2v) is 5.80. The zero-order valence-corrected chi connectivity index (χ0v) is 16.9. The number of halogens is 1. The van der Waals surface area contributed by atoms with E-state index in [1.807, 2.05) is 19.1 Å². The second-order valence-electron chi connectivity index (χ2n) is 5.80. The molecule has 1 aliphatic rings. The number of anilines is 2. The average Bonchev–Trinajstić information content (AvgIpc) is 3.05. The van der Waals surface area contributed by atoms with Gasteiger partial charge in [0.2, 0.25) is 5.91 Å². The smallest absolute Gasteiger partial charge is 0.246 e. The molecule has 0 spiro atoms. The Morgan fingerprint density at radius 2 is 1.92 bits per heavy atom. The Balaban J connectivity index is 0.00000243. The summed E-state index contributed by atoms with van der Waals surface area (Å²) in [6, 6.07) is 14.6. The van der Waals surface area contributed by atoms with E-state index in [0.717, 1.165) is 25.2 Å². The number of nitrogens with zero attached hydrogens (tertiary/aromatic N) is 2. The minimum atomic E-state index is -0.200. The van der Waals surface area contributed by atoms with Gasteiger partial charge in [-0.25, -0.2) is 4.99 Å². The van der Waals surface area contributed by atoms with Crippen molar-refractivity contribution >= 4 is 47.2 Å². The van der Waals surface area contributed by atoms with Crippen molar-refractivity contribution in [2.75, 3.05) is 29.9 Å². The second kappa shape index (κ2) is 9.42. The highest BCUT2D eigenvalue weighted by Crippen LogP contribution is 2.27. The van der Waals surface area contributed by atoms with E-state index in [9.17, 15) is 9.90 Å². The van der Waals surface area contributed by atoms with Gasteiger partial charge in [-0.15, -0.1) is 24.0 Å². The summed E-state index contributed by atoms with van der Waals surface area (Å²) in [4.78, 5) is 18.7. The summed E-state index contributed by atoms with van der Waals surface area (Å²) >= 11 is 0. The van der Waals surface area contributed by atoms with Crippen LogP contribution in [0.25, 0.3) is 0 Å². The normalized spacial score (nSPS) is 13.0. The van der Waals surface area contributed by atoms with E-state index in [-0.39, 0.29) is 42.2 Å². The molecule has 1 amide bonds. The first-order valence-corrected chi connectivity index (χ1v) is 8.40. The highest BCUT2D eigenvalue weighted by molar-refractivity contribution is 14.0. The van der Waals surface area contributed by atoms with Gasteiger partial charge in [0.05, 0.1) is 0 Å². The highest BCUT2D eigenvalue weighted by Gasteiger charge is 2.22. The van der Waals surface area contributed by atoms with Crippen LogP contribution in [0.5, 0.6) is 5.75 Å². The molecule has 0 saturated carbocycles. The lowest BCUT2D eigenvalue weighted by atomic mass is 10.2. The molecule has 0 aromatic heterocycles. The average molecular weight is 466 g/mol. The zero-order chi connectivity index (χ0) is 17.6. The van der Waals surface area contributed by atoms with Gasteiger partial charge in [-0.1, -0.05) is 18.2 Å². The van der Waals surface area contributed by atoms with Gasteiger partial charge in [0.25, 0.3) is 0 Å². The molecule has 2 aromatic carbocycles. The predicted octanol–water partition coefficient (Wildman–Crippen LogP) is 2.98. The van der Waals surface area contributed by atoms with Crippen molar-refractivity contribution in [1.82, 2.24) is 5.32 Å². The Labute approximate surface area is 170 Å². The monoisotopic (exact) mass is 466 g/mol. The fraction of sp³-hybridized carbons (Fsp3) is 0.263. The maximum Gasteiger partial charge on any atom is 0.246 e. The molecule has 3 rings (SSSR count). The summed E-state index contributed by atoms with van der Waals surface area (Å²) < 4.78 is 0. The van der Waals surface area contributed by atoms with Gasteiger partial charge in [-0.3, -0.25) is 4.79 Å². The molecule has 2 aromatic rings. The molecule has 1 heterocycles. The molecule has 26 heavy (non-hydrogen) atoms. The molecule has 0 radical (unpaired) electrons. The Hall–Kier alpha value is -2.29. The number of carbonyl (C=O) groups excluding carboxylic acids is 1. The van der Waals surface area contributed by atoms with Crippen LogP contribution in [-0.4, -0.2) is 36.6 Å². The van der Waals surface area contributed by atoms with Crippen LogP contribution in [0.1, 0.15) is 12.5 Å². The van der Waals surface area contributed by atoms with Crippen LogP contribution in [-0.2, 0) is 11.2 Å². The topological polar surface area (TPSA) is 77.0 Å². The van der Waals surface area contributed by atoms with Crippen molar-refractivity contribution in [3.8, 4) is 5.75 Å². The number of rotatable bonds is 4. The first-order chi connectivity index (χ1) is 12.2. The molecule has 1 aliphatic heterocycles. The summed E-state index contributed by atoms with van der Waals surface area (Å²) in [6.45, 7) is 3.62. The molecule has 0 atom stereocenters. The number of nitrogens with one attached hydrogen (secondary N) is 2. The molecule has 3 N–H and O–H groups in total. The summed E-state index contributed by atoms with van der Waals surface area (Å²) in [6.07, 6.45) is 0.973. The van der Waals surface area contributed by atoms with E-state index in [4.69, 9.17) is 0 Å². The molecule has 0 bridgehead atoms. The number of phenolic OH excluding ortho intramolecular Hbond substituents is 1. The van der Waals surface area contributed by atoms with Crippen LogP contribution in [0.3, 0.4) is 0 Å². The van der Waals surface area contributed by atoms with E-state index < -0.39 is 0 Å². The van der Waals surface area contributed by atoms with Crippen molar-refractivity contribution in [2.24, 2.45) is 4.99 Å². The van der Waals surface area contributed by atoms with Gasteiger partial charge in [-0.2, -0.15) is 0 Å². The first-order valence-electron chi connectivity index (χ1n) is 8.40. The van der Waals surface area contributed by atoms with Gasteiger partial charge < -0.3 is 20.6 Å². The Kier molecular flexibility index (Phi) is 7.26.